The molecule has 0 unspecified atom stereocenters. The largest absolute Gasteiger partial charge is 0.330 e. The normalized spacial score (nSPS) is 10.4. The van der Waals surface area contributed by atoms with Gasteiger partial charge in [-0.25, -0.2) is 0 Å². The molecule has 0 aliphatic heterocycles. The molecule has 0 atom stereocenters. The predicted molar refractivity (Wildman–Crippen MR) is 76.4 cm³/mol. The SMILES string of the molecule is Cc1cccc(C(=O)Nc2nnc(CCCN)s2)c1. The molecule has 6 heteroatoms. The molecule has 1 aromatic heterocycles. The smallest absolute Gasteiger partial charge is 0.257 e. The number of benzene rings is 1. The van der Waals surface area contributed by atoms with Crippen molar-refractivity contribution in [2.24, 2.45) is 5.73 Å². The van der Waals surface area contributed by atoms with Gasteiger partial charge in [0.05, 0.1) is 0 Å². The number of rotatable bonds is 5. The van der Waals surface area contributed by atoms with Crippen LogP contribution in [0.15, 0.2) is 24.3 Å². The molecule has 0 fully saturated rings. The Kier molecular flexibility index (Phi) is 4.59. The second kappa shape index (κ2) is 6.40. The van der Waals surface area contributed by atoms with Gasteiger partial charge in [0.15, 0.2) is 0 Å². The molecule has 1 heterocycles. The van der Waals surface area contributed by atoms with E-state index in [0.29, 0.717) is 17.2 Å². The number of aromatic nitrogens is 2. The third-order valence-electron chi connectivity index (χ3n) is 2.56. The van der Waals surface area contributed by atoms with Crippen molar-refractivity contribution in [2.75, 3.05) is 11.9 Å². The van der Waals surface area contributed by atoms with E-state index in [2.05, 4.69) is 15.5 Å². The summed E-state index contributed by atoms with van der Waals surface area (Å²) < 4.78 is 0. The van der Waals surface area contributed by atoms with Gasteiger partial charge in [-0.15, -0.1) is 10.2 Å². The van der Waals surface area contributed by atoms with E-state index in [4.69, 9.17) is 5.73 Å². The molecule has 1 aromatic carbocycles. The lowest BCUT2D eigenvalue weighted by molar-refractivity contribution is 0.102. The summed E-state index contributed by atoms with van der Waals surface area (Å²) in [6.07, 6.45) is 1.68. The van der Waals surface area contributed by atoms with Gasteiger partial charge in [0, 0.05) is 12.0 Å². The minimum Gasteiger partial charge on any atom is -0.330 e. The van der Waals surface area contributed by atoms with E-state index >= 15 is 0 Å². The van der Waals surface area contributed by atoms with Crippen LogP contribution in [-0.4, -0.2) is 22.6 Å². The average Bonchev–Trinajstić information content (AvgIpc) is 2.84. The molecular weight excluding hydrogens is 260 g/mol. The summed E-state index contributed by atoms with van der Waals surface area (Å²) in [5.41, 5.74) is 7.11. The fourth-order valence-electron chi connectivity index (χ4n) is 1.61. The van der Waals surface area contributed by atoms with E-state index in [1.54, 1.807) is 6.07 Å². The van der Waals surface area contributed by atoms with Crippen molar-refractivity contribution in [3.05, 3.63) is 40.4 Å². The van der Waals surface area contributed by atoms with Crippen molar-refractivity contribution in [3.63, 3.8) is 0 Å². The van der Waals surface area contributed by atoms with Crippen molar-refractivity contribution >= 4 is 22.4 Å². The predicted octanol–water partition coefficient (Wildman–Crippen LogP) is 1.99. The van der Waals surface area contributed by atoms with Crippen LogP contribution >= 0.6 is 11.3 Å². The number of hydrogen-bond acceptors (Lipinski definition) is 5. The molecule has 0 spiro atoms. The molecule has 0 saturated heterocycles. The molecule has 100 valence electrons. The zero-order valence-corrected chi connectivity index (χ0v) is 11.5. The Labute approximate surface area is 115 Å². The van der Waals surface area contributed by atoms with Gasteiger partial charge in [0.1, 0.15) is 5.01 Å². The molecule has 3 N–H and O–H groups in total. The topological polar surface area (TPSA) is 80.9 Å². The van der Waals surface area contributed by atoms with Gasteiger partial charge in [-0.05, 0) is 32.0 Å². The number of carbonyl (C=O) groups is 1. The van der Waals surface area contributed by atoms with E-state index in [1.807, 2.05) is 25.1 Å². The van der Waals surface area contributed by atoms with Crippen molar-refractivity contribution < 1.29 is 4.79 Å². The highest BCUT2D eigenvalue weighted by atomic mass is 32.1. The van der Waals surface area contributed by atoms with Crippen molar-refractivity contribution in [1.82, 2.24) is 10.2 Å². The maximum Gasteiger partial charge on any atom is 0.257 e. The van der Waals surface area contributed by atoms with Gasteiger partial charge in [0.2, 0.25) is 5.13 Å². The lowest BCUT2D eigenvalue weighted by Crippen LogP contribution is -2.11. The zero-order valence-electron chi connectivity index (χ0n) is 10.7. The molecule has 2 aromatic rings. The van der Waals surface area contributed by atoms with E-state index in [0.717, 1.165) is 23.4 Å². The molecule has 1 amide bonds. The Hall–Kier alpha value is -1.79. The minimum atomic E-state index is -0.162. The average molecular weight is 276 g/mol. The lowest BCUT2D eigenvalue weighted by Gasteiger charge is -2.01. The van der Waals surface area contributed by atoms with Crippen LogP contribution < -0.4 is 11.1 Å². The van der Waals surface area contributed by atoms with E-state index < -0.39 is 0 Å². The van der Waals surface area contributed by atoms with Crippen LogP contribution in [0.5, 0.6) is 0 Å². The Balaban J connectivity index is 2.00. The van der Waals surface area contributed by atoms with Gasteiger partial charge in [-0.3, -0.25) is 10.1 Å². The molecule has 0 radical (unpaired) electrons. The van der Waals surface area contributed by atoms with Crippen LogP contribution in [0.1, 0.15) is 27.3 Å². The van der Waals surface area contributed by atoms with Crippen LogP contribution in [0.2, 0.25) is 0 Å². The molecule has 0 saturated carbocycles. The fraction of sp³-hybridized carbons (Fsp3) is 0.308. The van der Waals surface area contributed by atoms with Crippen LogP contribution in [-0.2, 0) is 6.42 Å². The van der Waals surface area contributed by atoms with Gasteiger partial charge in [-0.2, -0.15) is 0 Å². The number of carbonyl (C=O) groups excluding carboxylic acids is 1. The molecule has 2 rings (SSSR count). The van der Waals surface area contributed by atoms with E-state index in [9.17, 15) is 4.79 Å². The Morgan fingerprint density at radius 3 is 3.00 bits per heavy atom. The Morgan fingerprint density at radius 1 is 1.42 bits per heavy atom. The summed E-state index contributed by atoms with van der Waals surface area (Å²) in [6, 6.07) is 7.42. The highest BCUT2D eigenvalue weighted by Crippen LogP contribution is 2.17. The monoisotopic (exact) mass is 276 g/mol. The number of nitrogens with two attached hydrogens (primary N) is 1. The number of anilines is 1. The first-order valence-corrected chi connectivity index (χ1v) is 6.91. The maximum atomic E-state index is 12.0. The first-order chi connectivity index (χ1) is 9.19. The standard InChI is InChI=1S/C13H16N4OS/c1-9-4-2-5-10(8-9)12(18)15-13-17-16-11(19-13)6-3-7-14/h2,4-5,8H,3,6-7,14H2,1H3,(H,15,17,18). The van der Waals surface area contributed by atoms with Crippen molar-refractivity contribution in [3.8, 4) is 0 Å². The third-order valence-corrected chi connectivity index (χ3v) is 3.46. The van der Waals surface area contributed by atoms with Gasteiger partial charge in [-0.1, -0.05) is 29.0 Å². The highest BCUT2D eigenvalue weighted by molar-refractivity contribution is 7.15. The van der Waals surface area contributed by atoms with Gasteiger partial charge in [0.25, 0.3) is 5.91 Å². The molecule has 0 bridgehead atoms. The summed E-state index contributed by atoms with van der Waals surface area (Å²) in [5, 5.41) is 12.1. The van der Waals surface area contributed by atoms with Gasteiger partial charge >= 0.3 is 0 Å². The number of nitrogens with zero attached hydrogens (tertiary/aromatic N) is 2. The van der Waals surface area contributed by atoms with Crippen LogP contribution in [0.25, 0.3) is 0 Å². The zero-order chi connectivity index (χ0) is 13.7. The van der Waals surface area contributed by atoms with E-state index in [1.165, 1.54) is 11.3 Å². The highest BCUT2D eigenvalue weighted by Gasteiger charge is 2.10. The number of nitrogens with one attached hydrogen (secondary N) is 1. The molecular formula is C13H16N4OS. The third kappa shape index (κ3) is 3.84. The van der Waals surface area contributed by atoms with Crippen LogP contribution in [0, 0.1) is 6.92 Å². The Bertz CT molecular complexity index is 567. The van der Waals surface area contributed by atoms with Gasteiger partial charge < -0.3 is 5.73 Å². The number of hydrogen-bond donors (Lipinski definition) is 2. The van der Waals surface area contributed by atoms with E-state index in [-0.39, 0.29) is 5.91 Å². The summed E-state index contributed by atoms with van der Waals surface area (Å²) in [6.45, 7) is 2.58. The summed E-state index contributed by atoms with van der Waals surface area (Å²) >= 11 is 1.39. The van der Waals surface area contributed by atoms with Crippen molar-refractivity contribution in [1.29, 1.82) is 0 Å². The molecule has 0 aliphatic rings. The molecule has 19 heavy (non-hydrogen) atoms. The first kappa shape index (κ1) is 13.6. The summed E-state index contributed by atoms with van der Waals surface area (Å²) in [4.78, 5) is 12.0. The maximum absolute atomic E-state index is 12.0. The first-order valence-electron chi connectivity index (χ1n) is 6.09. The van der Waals surface area contributed by atoms with Crippen LogP contribution in [0.4, 0.5) is 5.13 Å². The second-order valence-electron chi connectivity index (χ2n) is 4.22. The minimum absolute atomic E-state index is 0.162. The fourth-order valence-corrected chi connectivity index (χ4v) is 2.39. The van der Waals surface area contributed by atoms with Crippen LogP contribution in [0.3, 0.4) is 0 Å². The quantitative estimate of drug-likeness (QED) is 0.875. The second-order valence-corrected chi connectivity index (χ2v) is 5.28. The summed E-state index contributed by atoms with van der Waals surface area (Å²) in [7, 11) is 0. The Morgan fingerprint density at radius 2 is 2.26 bits per heavy atom. The molecule has 5 nitrogen and oxygen atoms in total. The van der Waals surface area contributed by atoms with Crippen molar-refractivity contribution in [2.45, 2.75) is 19.8 Å². The molecule has 0 aliphatic carbocycles. The lowest BCUT2D eigenvalue weighted by atomic mass is 10.1. The number of aryl methyl sites for hydroxylation is 2. The summed E-state index contributed by atoms with van der Waals surface area (Å²) in [5.74, 6) is -0.162. The number of amides is 1.